The molecule has 0 amide bonds. The molecular formula is C12H20N2. The summed E-state index contributed by atoms with van der Waals surface area (Å²) in [5.74, 6) is 0. The Balaban J connectivity index is 2.73. The average Bonchev–Trinajstić information content (AvgIpc) is 2.06. The topological polar surface area (TPSA) is 38.0 Å². The van der Waals surface area contributed by atoms with Crippen molar-refractivity contribution in [2.75, 3.05) is 17.6 Å². The first-order valence-corrected chi connectivity index (χ1v) is 4.99. The first-order valence-electron chi connectivity index (χ1n) is 4.99. The van der Waals surface area contributed by atoms with Crippen LogP contribution in [0.25, 0.3) is 0 Å². The molecule has 0 aliphatic rings. The Morgan fingerprint density at radius 3 is 2.50 bits per heavy atom. The van der Waals surface area contributed by atoms with Crippen LogP contribution in [0.4, 0.5) is 11.4 Å². The van der Waals surface area contributed by atoms with Crippen molar-refractivity contribution in [3.05, 3.63) is 23.8 Å². The Kier molecular flexibility index (Phi) is 3.04. The fourth-order valence-electron chi connectivity index (χ4n) is 1.20. The molecule has 3 N–H and O–H groups in total. The third-order valence-electron chi connectivity index (χ3n) is 2.13. The van der Waals surface area contributed by atoms with E-state index in [1.807, 2.05) is 25.1 Å². The molecule has 1 rings (SSSR count). The van der Waals surface area contributed by atoms with Crippen molar-refractivity contribution in [3.63, 3.8) is 0 Å². The van der Waals surface area contributed by atoms with Gasteiger partial charge in [0.15, 0.2) is 0 Å². The van der Waals surface area contributed by atoms with Gasteiger partial charge in [0.25, 0.3) is 0 Å². The van der Waals surface area contributed by atoms with Gasteiger partial charge in [0.2, 0.25) is 0 Å². The van der Waals surface area contributed by atoms with Gasteiger partial charge in [0, 0.05) is 6.54 Å². The molecule has 1 aromatic rings. The molecule has 2 heteroatoms. The van der Waals surface area contributed by atoms with E-state index in [1.54, 1.807) is 0 Å². The van der Waals surface area contributed by atoms with Crippen LogP contribution >= 0.6 is 0 Å². The van der Waals surface area contributed by atoms with Crippen LogP contribution in [-0.4, -0.2) is 6.54 Å². The zero-order valence-electron chi connectivity index (χ0n) is 9.52. The number of para-hydroxylation sites is 1. The van der Waals surface area contributed by atoms with Gasteiger partial charge in [0.05, 0.1) is 11.4 Å². The largest absolute Gasteiger partial charge is 0.397 e. The lowest BCUT2D eigenvalue weighted by atomic mass is 9.97. The van der Waals surface area contributed by atoms with Gasteiger partial charge in [-0.2, -0.15) is 0 Å². The average molecular weight is 192 g/mol. The van der Waals surface area contributed by atoms with Crippen molar-refractivity contribution in [2.45, 2.75) is 27.7 Å². The lowest BCUT2D eigenvalue weighted by molar-refractivity contribution is 0.443. The second kappa shape index (κ2) is 3.91. The standard InChI is InChI=1S/C12H20N2/c1-9-6-5-7-10(11(9)13)14-8-12(2,3)4/h5-7,14H,8,13H2,1-4H3. The molecule has 2 nitrogen and oxygen atoms in total. The number of rotatable bonds is 2. The highest BCUT2D eigenvalue weighted by molar-refractivity contribution is 5.69. The summed E-state index contributed by atoms with van der Waals surface area (Å²) in [6.45, 7) is 9.56. The monoisotopic (exact) mass is 192 g/mol. The summed E-state index contributed by atoms with van der Waals surface area (Å²) in [4.78, 5) is 0. The minimum atomic E-state index is 0.274. The normalized spacial score (nSPS) is 11.4. The Morgan fingerprint density at radius 1 is 1.29 bits per heavy atom. The van der Waals surface area contributed by atoms with Crippen molar-refractivity contribution >= 4 is 11.4 Å². The van der Waals surface area contributed by atoms with Gasteiger partial charge >= 0.3 is 0 Å². The number of anilines is 2. The molecule has 0 saturated heterocycles. The molecular weight excluding hydrogens is 172 g/mol. The molecule has 0 aliphatic heterocycles. The molecule has 0 spiro atoms. The SMILES string of the molecule is Cc1cccc(NCC(C)(C)C)c1N. The molecule has 78 valence electrons. The fourth-order valence-corrected chi connectivity index (χ4v) is 1.20. The van der Waals surface area contributed by atoms with Gasteiger partial charge in [-0.1, -0.05) is 32.9 Å². The molecule has 0 aliphatic carbocycles. The maximum atomic E-state index is 5.95. The quantitative estimate of drug-likeness (QED) is 0.707. The highest BCUT2D eigenvalue weighted by atomic mass is 14.9. The van der Waals surface area contributed by atoms with Crippen molar-refractivity contribution in [2.24, 2.45) is 5.41 Å². The van der Waals surface area contributed by atoms with E-state index in [0.29, 0.717) is 0 Å². The minimum Gasteiger partial charge on any atom is -0.397 e. The highest BCUT2D eigenvalue weighted by Gasteiger charge is 2.10. The third-order valence-corrected chi connectivity index (χ3v) is 2.13. The van der Waals surface area contributed by atoms with E-state index < -0.39 is 0 Å². The summed E-state index contributed by atoms with van der Waals surface area (Å²) < 4.78 is 0. The summed E-state index contributed by atoms with van der Waals surface area (Å²) >= 11 is 0. The zero-order valence-corrected chi connectivity index (χ0v) is 9.52. The van der Waals surface area contributed by atoms with Crippen LogP contribution in [0.3, 0.4) is 0 Å². The Morgan fingerprint density at radius 2 is 1.93 bits per heavy atom. The van der Waals surface area contributed by atoms with Crippen LogP contribution in [0.5, 0.6) is 0 Å². The smallest absolute Gasteiger partial charge is 0.0579 e. The molecule has 0 aromatic heterocycles. The number of hydrogen-bond acceptors (Lipinski definition) is 2. The van der Waals surface area contributed by atoms with E-state index in [1.165, 1.54) is 0 Å². The Labute approximate surface area is 86.5 Å². The molecule has 0 fully saturated rings. The second-order valence-corrected chi connectivity index (χ2v) is 4.95. The van der Waals surface area contributed by atoms with Crippen LogP contribution in [0.2, 0.25) is 0 Å². The van der Waals surface area contributed by atoms with Crippen molar-refractivity contribution in [1.82, 2.24) is 0 Å². The van der Waals surface area contributed by atoms with E-state index in [9.17, 15) is 0 Å². The number of nitrogens with one attached hydrogen (secondary N) is 1. The maximum absolute atomic E-state index is 5.95. The highest BCUT2D eigenvalue weighted by Crippen LogP contribution is 2.23. The van der Waals surface area contributed by atoms with Gasteiger partial charge in [-0.05, 0) is 24.0 Å². The Bertz CT molecular complexity index is 311. The molecule has 1 aromatic carbocycles. The van der Waals surface area contributed by atoms with Crippen LogP contribution in [-0.2, 0) is 0 Å². The summed E-state index contributed by atoms with van der Waals surface area (Å²) in [6, 6.07) is 6.07. The Hall–Kier alpha value is -1.18. The van der Waals surface area contributed by atoms with Gasteiger partial charge in [-0.3, -0.25) is 0 Å². The summed E-state index contributed by atoms with van der Waals surface area (Å²) in [6.07, 6.45) is 0. The fraction of sp³-hybridized carbons (Fsp3) is 0.500. The number of aryl methyl sites for hydroxylation is 1. The molecule has 14 heavy (non-hydrogen) atoms. The first kappa shape index (κ1) is 10.9. The summed E-state index contributed by atoms with van der Waals surface area (Å²) in [5.41, 5.74) is 9.25. The van der Waals surface area contributed by atoms with Crippen LogP contribution in [0.1, 0.15) is 26.3 Å². The van der Waals surface area contributed by atoms with Crippen LogP contribution in [0, 0.1) is 12.3 Å². The summed E-state index contributed by atoms with van der Waals surface area (Å²) in [7, 11) is 0. The van der Waals surface area contributed by atoms with E-state index >= 15 is 0 Å². The predicted octanol–water partition coefficient (Wildman–Crippen LogP) is 3.04. The van der Waals surface area contributed by atoms with Crippen molar-refractivity contribution in [1.29, 1.82) is 0 Å². The van der Waals surface area contributed by atoms with Gasteiger partial charge in [-0.25, -0.2) is 0 Å². The number of nitrogen functional groups attached to an aromatic ring is 1. The maximum Gasteiger partial charge on any atom is 0.0579 e. The minimum absolute atomic E-state index is 0.274. The van der Waals surface area contributed by atoms with Gasteiger partial charge in [-0.15, -0.1) is 0 Å². The lowest BCUT2D eigenvalue weighted by Crippen LogP contribution is -2.19. The van der Waals surface area contributed by atoms with E-state index in [2.05, 4.69) is 26.1 Å². The number of benzene rings is 1. The third kappa shape index (κ3) is 2.95. The van der Waals surface area contributed by atoms with Crippen LogP contribution < -0.4 is 11.1 Å². The van der Waals surface area contributed by atoms with Crippen molar-refractivity contribution in [3.8, 4) is 0 Å². The molecule has 0 saturated carbocycles. The molecule has 0 heterocycles. The van der Waals surface area contributed by atoms with Crippen molar-refractivity contribution < 1.29 is 0 Å². The van der Waals surface area contributed by atoms with Gasteiger partial charge in [0.1, 0.15) is 0 Å². The van der Waals surface area contributed by atoms with Crippen LogP contribution in [0.15, 0.2) is 18.2 Å². The molecule has 0 unspecified atom stereocenters. The van der Waals surface area contributed by atoms with E-state index in [4.69, 9.17) is 5.73 Å². The molecule has 0 radical (unpaired) electrons. The lowest BCUT2D eigenvalue weighted by Gasteiger charge is -2.20. The predicted molar refractivity (Wildman–Crippen MR) is 63.5 cm³/mol. The number of hydrogen-bond donors (Lipinski definition) is 2. The first-order chi connectivity index (χ1) is 6.40. The second-order valence-electron chi connectivity index (χ2n) is 4.95. The number of nitrogens with two attached hydrogens (primary N) is 1. The van der Waals surface area contributed by atoms with E-state index in [0.717, 1.165) is 23.5 Å². The molecule has 0 bridgehead atoms. The van der Waals surface area contributed by atoms with Gasteiger partial charge < -0.3 is 11.1 Å². The van der Waals surface area contributed by atoms with E-state index in [-0.39, 0.29) is 5.41 Å². The molecule has 0 atom stereocenters. The zero-order chi connectivity index (χ0) is 10.8. The summed E-state index contributed by atoms with van der Waals surface area (Å²) in [5, 5.41) is 3.37.